The molecule has 1 aromatic rings. The van der Waals surface area contributed by atoms with Crippen LogP contribution in [0.5, 0.6) is 11.5 Å². The second-order valence-electron chi connectivity index (χ2n) is 8.80. The minimum absolute atomic E-state index is 0.0369. The largest absolute Gasteiger partial charge is 0.493 e. The summed E-state index contributed by atoms with van der Waals surface area (Å²) in [5.74, 6) is 0.932. The number of ether oxygens (including phenoxy) is 3. The van der Waals surface area contributed by atoms with Crippen molar-refractivity contribution < 1.29 is 19.0 Å². The standard InChI is InChI=1S/C25H31N3O4/c1-6-10-32-20-8-7-16(12-21(20)31-5)22-17(15-26)24(27)28(9-11-30-4)18-13-25(2,3)14-19(29)23(18)22/h6-8,12,22H,1,9-11,13-14,27H2,2-5H3/t22-/m1/s1. The fraction of sp³-hybridized carbons (Fsp3) is 0.440. The van der Waals surface area contributed by atoms with Crippen LogP contribution < -0.4 is 15.2 Å². The monoisotopic (exact) mass is 437 g/mol. The number of methoxy groups -OCH3 is 2. The smallest absolute Gasteiger partial charge is 0.162 e. The molecule has 7 heteroatoms. The number of ketones is 1. The quantitative estimate of drug-likeness (QED) is 0.620. The molecule has 0 aromatic heterocycles. The first-order valence-corrected chi connectivity index (χ1v) is 10.6. The Balaban J connectivity index is 2.18. The molecule has 1 heterocycles. The Kier molecular flexibility index (Phi) is 6.95. The van der Waals surface area contributed by atoms with Crippen molar-refractivity contribution in [3.05, 3.63) is 59.1 Å². The Bertz CT molecular complexity index is 1020. The maximum Gasteiger partial charge on any atom is 0.162 e. The van der Waals surface area contributed by atoms with Gasteiger partial charge in [-0.3, -0.25) is 4.79 Å². The van der Waals surface area contributed by atoms with Crippen molar-refractivity contribution in [2.24, 2.45) is 11.1 Å². The molecule has 2 aliphatic rings. The first-order chi connectivity index (χ1) is 15.3. The fourth-order valence-electron chi connectivity index (χ4n) is 4.48. The van der Waals surface area contributed by atoms with E-state index >= 15 is 0 Å². The molecule has 0 unspecified atom stereocenters. The molecule has 0 fully saturated rings. The second-order valence-corrected chi connectivity index (χ2v) is 8.80. The predicted molar refractivity (Wildman–Crippen MR) is 122 cm³/mol. The molecule has 1 aliphatic carbocycles. The third-order valence-corrected chi connectivity index (χ3v) is 5.88. The SMILES string of the molecule is C=CCOc1ccc([C@@H]2C(C#N)=C(N)N(CCOC)C3=C2C(=O)CC(C)(C)C3)cc1OC. The third kappa shape index (κ3) is 4.37. The highest BCUT2D eigenvalue weighted by Crippen LogP contribution is 2.49. The Hall–Kier alpha value is -3.24. The summed E-state index contributed by atoms with van der Waals surface area (Å²) < 4.78 is 16.4. The zero-order valence-corrected chi connectivity index (χ0v) is 19.2. The highest BCUT2D eigenvalue weighted by Gasteiger charge is 2.44. The van der Waals surface area contributed by atoms with Gasteiger partial charge in [-0.25, -0.2) is 0 Å². The highest BCUT2D eigenvalue weighted by molar-refractivity contribution is 6.00. The average Bonchev–Trinajstić information content (AvgIpc) is 2.75. The van der Waals surface area contributed by atoms with E-state index in [9.17, 15) is 10.1 Å². The van der Waals surface area contributed by atoms with Gasteiger partial charge >= 0.3 is 0 Å². The molecular weight excluding hydrogens is 406 g/mol. The molecule has 170 valence electrons. The zero-order valence-electron chi connectivity index (χ0n) is 19.2. The van der Waals surface area contributed by atoms with E-state index in [-0.39, 0.29) is 11.2 Å². The molecule has 7 nitrogen and oxygen atoms in total. The molecule has 0 bridgehead atoms. The number of hydrogen-bond donors (Lipinski definition) is 1. The lowest BCUT2D eigenvalue weighted by Gasteiger charge is -2.43. The Morgan fingerprint density at radius 2 is 2.06 bits per heavy atom. The van der Waals surface area contributed by atoms with Crippen LogP contribution in [-0.2, 0) is 9.53 Å². The summed E-state index contributed by atoms with van der Waals surface area (Å²) in [7, 11) is 3.17. The molecule has 0 saturated carbocycles. The number of rotatable bonds is 8. The van der Waals surface area contributed by atoms with Gasteiger partial charge in [0.05, 0.1) is 31.3 Å². The predicted octanol–water partition coefficient (Wildman–Crippen LogP) is 3.64. The van der Waals surface area contributed by atoms with Gasteiger partial charge < -0.3 is 24.8 Å². The van der Waals surface area contributed by atoms with Gasteiger partial charge in [0.2, 0.25) is 0 Å². The van der Waals surface area contributed by atoms with Gasteiger partial charge in [0.25, 0.3) is 0 Å². The van der Waals surface area contributed by atoms with E-state index in [4.69, 9.17) is 19.9 Å². The first-order valence-electron chi connectivity index (χ1n) is 10.6. The molecule has 0 radical (unpaired) electrons. The van der Waals surface area contributed by atoms with Crippen LogP contribution in [0.25, 0.3) is 0 Å². The van der Waals surface area contributed by atoms with Crippen molar-refractivity contribution in [2.75, 3.05) is 34.0 Å². The number of carbonyl (C=O) groups excluding carboxylic acids is 1. The lowest BCUT2D eigenvalue weighted by molar-refractivity contribution is -0.118. The molecule has 1 aliphatic heterocycles. The van der Waals surface area contributed by atoms with Crippen LogP contribution in [0.2, 0.25) is 0 Å². The fourth-order valence-corrected chi connectivity index (χ4v) is 4.48. The molecule has 1 atom stereocenters. The van der Waals surface area contributed by atoms with Crippen molar-refractivity contribution >= 4 is 5.78 Å². The second kappa shape index (κ2) is 9.49. The van der Waals surface area contributed by atoms with Crippen LogP contribution in [0, 0.1) is 16.7 Å². The Morgan fingerprint density at radius 1 is 1.31 bits per heavy atom. The highest BCUT2D eigenvalue weighted by atomic mass is 16.5. The minimum Gasteiger partial charge on any atom is -0.493 e. The van der Waals surface area contributed by atoms with Crippen molar-refractivity contribution in [3.63, 3.8) is 0 Å². The number of carbonyl (C=O) groups is 1. The van der Waals surface area contributed by atoms with Crippen molar-refractivity contribution in [2.45, 2.75) is 32.6 Å². The van der Waals surface area contributed by atoms with Crippen LogP contribution in [0.1, 0.15) is 38.2 Å². The average molecular weight is 438 g/mol. The van der Waals surface area contributed by atoms with Gasteiger partial charge in [0, 0.05) is 31.3 Å². The van der Waals surface area contributed by atoms with Gasteiger partial charge in [-0.05, 0) is 29.5 Å². The molecule has 32 heavy (non-hydrogen) atoms. The van der Waals surface area contributed by atoms with Crippen LogP contribution in [0.15, 0.2) is 53.5 Å². The molecule has 0 saturated heterocycles. The minimum atomic E-state index is -0.556. The van der Waals surface area contributed by atoms with Crippen LogP contribution in [0.4, 0.5) is 0 Å². The van der Waals surface area contributed by atoms with E-state index in [2.05, 4.69) is 26.5 Å². The summed E-state index contributed by atoms with van der Waals surface area (Å²) >= 11 is 0. The van der Waals surface area contributed by atoms with Gasteiger partial charge in [0.15, 0.2) is 17.3 Å². The lowest BCUT2D eigenvalue weighted by Crippen LogP contribution is -2.43. The van der Waals surface area contributed by atoms with E-state index in [0.29, 0.717) is 61.1 Å². The van der Waals surface area contributed by atoms with E-state index in [1.54, 1.807) is 26.4 Å². The zero-order chi connectivity index (χ0) is 23.5. The summed E-state index contributed by atoms with van der Waals surface area (Å²) in [6.07, 6.45) is 2.75. The van der Waals surface area contributed by atoms with Gasteiger partial charge in [-0.2, -0.15) is 5.26 Å². The molecule has 1 aromatic carbocycles. The lowest BCUT2D eigenvalue weighted by atomic mass is 9.68. The first kappa shape index (κ1) is 23.4. The van der Waals surface area contributed by atoms with Gasteiger partial charge in [-0.15, -0.1) is 0 Å². The van der Waals surface area contributed by atoms with E-state index in [0.717, 1.165) is 11.3 Å². The summed E-state index contributed by atoms with van der Waals surface area (Å²) in [4.78, 5) is 15.3. The van der Waals surface area contributed by atoms with Crippen LogP contribution >= 0.6 is 0 Å². The summed E-state index contributed by atoms with van der Waals surface area (Å²) in [5, 5.41) is 10.1. The maximum atomic E-state index is 13.4. The normalized spacial score (nSPS) is 20.0. The number of benzene rings is 1. The van der Waals surface area contributed by atoms with Crippen molar-refractivity contribution in [1.29, 1.82) is 5.26 Å². The molecule has 0 spiro atoms. The Labute approximate surface area is 189 Å². The third-order valence-electron chi connectivity index (χ3n) is 5.88. The Morgan fingerprint density at radius 3 is 2.69 bits per heavy atom. The number of nitrogens with two attached hydrogens (primary N) is 1. The van der Waals surface area contributed by atoms with E-state index in [1.807, 2.05) is 17.0 Å². The molecular formula is C25H31N3O4. The number of nitrogens with zero attached hydrogens (tertiary/aromatic N) is 2. The summed E-state index contributed by atoms with van der Waals surface area (Å²) in [6.45, 7) is 9.06. The number of Topliss-reactive ketones (excluding diaryl/α,β-unsaturated/α-hetero) is 1. The molecule has 2 N–H and O–H groups in total. The topological polar surface area (TPSA) is 97.8 Å². The van der Waals surface area contributed by atoms with Gasteiger partial charge in [-0.1, -0.05) is 32.6 Å². The van der Waals surface area contributed by atoms with Crippen LogP contribution in [-0.4, -0.2) is 44.7 Å². The number of nitriles is 1. The van der Waals surface area contributed by atoms with E-state index < -0.39 is 5.92 Å². The summed E-state index contributed by atoms with van der Waals surface area (Å²) in [5.41, 5.74) is 8.95. The number of allylic oxidation sites excluding steroid dienone is 3. The van der Waals surface area contributed by atoms with Crippen molar-refractivity contribution in [3.8, 4) is 17.6 Å². The summed E-state index contributed by atoms with van der Waals surface area (Å²) in [6, 6.07) is 7.73. The molecule has 3 rings (SSSR count). The van der Waals surface area contributed by atoms with Gasteiger partial charge in [0.1, 0.15) is 12.4 Å². The van der Waals surface area contributed by atoms with E-state index in [1.165, 1.54) is 0 Å². The van der Waals surface area contributed by atoms with Crippen molar-refractivity contribution in [1.82, 2.24) is 4.90 Å². The maximum absolute atomic E-state index is 13.4. The van der Waals surface area contributed by atoms with Crippen LogP contribution in [0.3, 0.4) is 0 Å². The number of hydrogen-bond acceptors (Lipinski definition) is 7. The molecule has 0 amide bonds.